The number of aryl methyl sites for hydroxylation is 1. The van der Waals surface area contributed by atoms with Crippen molar-refractivity contribution in [1.29, 1.82) is 0 Å². The smallest absolute Gasteiger partial charge is 0.296 e. The zero-order chi connectivity index (χ0) is 10.3. The summed E-state index contributed by atoms with van der Waals surface area (Å²) in [6.07, 6.45) is 0.787. The number of rotatable bonds is 1. The molecule has 0 radical (unpaired) electrons. The van der Waals surface area contributed by atoms with Crippen LogP contribution in [0.5, 0.6) is 0 Å². The van der Waals surface area contributed by atoms with Crippen LogP contribution in [0.15, 0.2) is 16.6 Å². The summed E-state index contributed by atoms with van der Waals surface area (Å²) in [5, 5.41) is 2.58. The van der Waals surface area contributed by atoms with Gasteiger partial charge in [-0.25, -0.2) is 0 Å². The van der Waals surface area contributed by atoms with E-state index in [2.05, 4.69) is 21.2 Å². The van der Waals surface area contributed by atoms with Crippen LogP contribution in [0.25, 0.3) is 0 Å². The third-order valence-electron chi connectivity index (χ3n) is 2.26. The highest BCUT2D eigenvalue weighted by molar-refractivity contribution is 9.10. The van der Waals surface area contributed by atoms with Gasteiger partial charge in [-0.1, -0.05) is 22.9 Å². The highest BCUT2D eigenvalue weighted by atomic mass is 79.9. The Labute approximate surface area is 89.6 Å². The first-order valence-corrected chi connectivity index (χ1v) is 5.11. The van der Waals surface area contributed by atoms with E-state index in [1.807, 2.05) is 13.0 Å². The van der Waals surface area contributed by atoms with Crippen LogP contribution in [0.2, 0.25) is 0 Å². The van der Waals surface area contributed by atoms with E-state index < -0.39 is 11.7 Å². The summed E-state index contributed by atoms with van der Waals surface area (Å²) in [5.41, 5.74) is 2.13. The minimum Gasteiger partial charge on any atom is -0.318 e. The second-order valence-corrected chi connectivity index (χ2v) is 4.04. The Kier molecular flexibility index (Phi) is 2.15. The quantitative estimate of drug-likeness (QED) is 0.780. The molecule has 1 heterocycles. The van der Waals surface area contributed by atoms with Crippen LogP contribution < -0.4 is 5.32 Å². The maximum atomic E-state index is 11.4. The topological polar surface area (TPSA) is 46.2 Å². The molecule has 0 spiro atoms. The zero-order valence-electron chi connectivity index (χ0n) is 7.56. The van der Waals surface area contributed by atoms with Crippen molar-refractivity contribution in [3.05, 3.63) is 27.7 Å². The first-order chi connectivity index (χ1) is 6.63. The molecule has 1 aromatic rings. The second kappa shape index (κ2) is 3.20. The van der Waals surface area contributed by atoms with Gasteiger partial charge < -0.3 is 5.32 Å². The highest BCUT2D eigenvalue weighted by Crippen LogP contribution is 2.31. The maximum Gasteiger partial charge on any atom is 0.296 e. The van der Waals surface area contributed by atoms with E-state index in [1.165, 1.54) is 0 Å². The van der Waals surface area contributed by atoms with Gasteiger partial charge in [0, 0.05) is 4.47 Å². The van der Waals surface area contributed by atoms with Gasteiger partial charge in [-0.05, 0) is 24.1 Å². The van der Waals surface area contributed by atoms with Gasteiger partial charge in [0.25, 0.3) is 11.7 Å². The number of amides is 1. The van der Waals surface area contributed by atoms with E-state index in [-0.39, 0.29) is 0 Å². The first kappa shape index (κ1) is 9.40. The fourth-order valence-electron chi connectivity index (χ4n) is 1.56. The molecule has 0 aromatic heterocycles. The van der Waals surface area contributed by atoms with Gasteiger partial charge in [-0.15, -0.1) is 0 Å². The summed E-state index contributed by atoms with van der Waals surface area (Å²) < 4.78 is 0.831. The summed E-state index contributed by atoms with van der Waals surface area (Å²) in [6.45, 7) is 1.98. The molecule has 0 aliphatic carbocycles. The van der Waals surface area contributed by atoms with Gasteiger partial charge >= 0.3 is 0 Å². The SMILES string of the molecule is CCc1cc(Br)cc2c1NC(=O)C2=O. The van der Waals surface area contributed by atoms with Crippen LogP contribution in [0.1, 0.15) is 22.8 Å². The number of ketones is 1. The number of hydrogen-bond acceptors (Lipinski definition) is 2. The van der Waals surface area contributed by atoms with Gasteiger partial charge in [0.2, 0.25) is 0 Å². The van der Waals surface area contributed by atoms with Crippen molar-refractivity contribution in [2.45, 2.75) is 13.3 Å². The van der Waals surface area contributed by atoms with Gasteiger partial charge in [-0.3, -0.25) is 9.59 Å². The standard InChI is InChI=1S/C10H8BrNO2/c1-2-5-3-6(11)4-7-8(5)12-10(14)9(7)13/h3-4H,2H2,1H3,(H,12,13,14). The van der Waals surface area contributed by atoms with Crippen molar-refractivity contribution >= 4 is 33.3 Å². The summed E-state index contributed by atoms with van der Waals surface area (Å²) in [4.78, 5) is 22.5. The Morgan fingerprint density at radius 3 is 2.71 bits per heavy atom. The van der Waals surface area contributed by atoms with Gasteiger partial charge in [0.1, 0.15) is 0 Å². The molecule has 1 aliphatic heterocycles. The minimum absolute atomic E-state index is 0.448. The van der Waals surface area contributed by atoms with E-state index >= 15 is 0 Å². The molecule has 0 atom stereocenters. The molecule has 0 unspecified atom stereocenters. The predicted molar refractivity (Wildman–Crippen MR) is 56.5 cm³/mol. The van der Waals surface area contributed by atoms with Crippen molar-refractivity contribution < 1.29 is 9.59 Å². The van der Waals surface area contributed by atoms with Crippen molar-refractivity contribution in [2.75, 3.05) is 5.32 Å². The number of carbonyl (C=O) groups excluding carboxylic acids is 2. The molecule has 0 fully saturated rings. The van der Waals surface area contributed by atoms with Gasteiger partial charge in [-0.2, -0.15) is 0 Å². The Balaban J connectivity index is 2.67. The molecule has 14 heavy (non-hydrogen) atoms. The third-order valence-corrected chi connectivity index (χ3v) is 2.71. The predicted octanol–water partition coefficient (Wildman–Crippen LogP) is 2.15. The largest absolute Gasteiger partial charge is 0.318 e. The van der Waals surface area contributed by atoms with Crippen LogP contribution in [-0.2, 0) is 11.2 Å². The number of Topliss-reactive ketones (excluding diaryl/α,β-unsaturated/α-hetero) is 1. The Hall–Kier alpha value is -1.16. The van der Waals surface area contributed by atoms with Crippen molar-refractivity contribution in [1.82, 2.24) is 0 Å². The van der Waals surface area contributed by atoms with Crippen LogP contribution in [-0.4, -0.2) is 11.7 Å². The number of halogens is 1. The van der Waals surface area contributed by atoms with Gasteiger partial charge in [0.05, 0.1) is 11.3 Å². The van der Waals surface area contributed by atoms with E-state index in [9.17, 15) is 9.59 Å². The molecule has 2 rings (SSSR count). The molecule has 1 aliphatic rings. The number of anilines is 1. The molecule has 0 bridgehead atoms. The highest BCUT2D eigenvalue weighted by Gasteiger charge is 2.29. The summed E-state index contributed by atoms with van der Waals surface area (Å²) >= 11 is 3.31. The normalized spacial score (nSPS) is 14.1. The van der Waals surface area contributed by atoms with E-state index in [0.29, 0.717) is 11.3 Å². The van der Waals surface area contributed by atoms with Crippen molar-refractivity contribution in [2.24, 2.45) is 0 Å². The number of nitrogens with one attached hydrogen (secondary N) is 1. The number of carbonyl (C=O) groups is 2. The Morgan fingerprint density at radius 2 is 2.07 bits per heavy atom. The lowest BCUT2D eigenvalue weighted by Crippen LogP contribution is -2.12. The average Bonchev–Trinajstić information content (AvgIpc) is 2.43. The van der Waals surface area contributed by atoms with E-state index in [4.69, 9.17) is 0 Å². The van der Waals surface area contributed by atoms with E-state index in [0.717, 1.165) is 16.5 Å². The molecule has 1 N–H and O–H groups in total. The van der Waals surface area contributed by atoms with Crippen LogP contribution >= 0.6 is 15.9 Å². The molecule has 1 aromatic carbocycles. The molecule has 1 amide bonds. The summed E-state index contributed by atoms with van der Waals surface area (Å²) in [5.74, 6) is -0.983. The monoisotopic (exact) mass is 253 g/mol. The molecule has 72 valence electrons. The van der Waals surface area contributed by atoms with Crippen LogP contribution in [0.3, 0.4) is 0 Å². The molecular weight excluding hydrogens is 246 g/mol. The minimum atomic E-state index is -0.534. The Morgan fingerprint density at radius 1 is 1.36 bits per heavy atom. The van der Waals surface area contributed by atoms with Crippen molar-refractivity contribution in [3.63, 3.8) is 0 Å². The summed E-state index contributed by atoms with van der Waals surface area (Å²) in [6, 6.07) is 3.59. The third kappa shape index (κ3) is 1.26. The number of hydrogen-bond donors (Lipinski definition) is 1. The fraction of sp³-hybridized carbons (Fsp3) is 0.200. The summed E-state index contributed by atoms with van der Waals surface area (Å²) in [7, 11) is 0. The van der Waals surface area contributed by atoms with Crippen molar-refractivity contribution in [3.8, 4) is 0 Å². The lowest BCUT2D eigenvalue weighted by molar-refractivity contribution is -0.112. The lowest BCUT2D eigenvalue weighted by Gasteiger charge is -2.05. The molecule has 0 saturated heterocycles. The second-order valence-electron chi connectivity index (χ2n) is 3.12. The van der Waals surface area contributed by atoms with E-state index in [1.54, 1.807) is 6.07 Å². The molecular formula is C10H8BrNO2. The molecule has 3 nitrogen and oxygen atoms in total. The molecule has 4 heteroatoms. The van der Waals surface area contributed by atoms with Crippen LogP contribution in [0.4, 0.5) is 5.69 Å². The van der Waals surface area contributed by atoms with Gasteiger partial charge in [0.15, 0.2) is 0 Å². The average molecular weight is 254 g/mol. The lowest BCUT2D eigenvalue weighted by atomic mass is 10.1. The first-order valence-electron chi connectivity index (χ1n) is 4.31. The Bertz CT molecular complexity index is 440. The van der Waals surface area contributed by atoms with Crippen LogP contribution in [0, 0.1) is 0 Å². The maximum absolute atomic E-state index is 11.4. The number of benzene rings is 1. The zero-order valence-corrected chi connectivity index (χ0v) is 9.14. The number of fused-ring (bicyclic) bond motifs is 1. The fourth-order valence-corrected chi connectivity index (χ4v) is 2.07. The molecule has 0 saturated carbocycles.